The highest BCUT2D eigenvalue weighted by Gasteiger charge is 2.62. The molecule has 2 aliphatic carbocycles. The predicted octanol–water partition coefficient (Wildman–Crippen LogP) is 1.76. The van der Waals surface area contributed by atoms with Crippen LogP contribution in [0.4, 0.5) is 0 Å². The fraction of sp³-hybridized carbons (Fsp3) is 0.708. The molecule has 0 aliphatic heterocycles. The predicted molar refractivity (Wildman–Crippen MR) is 117 cm³/mol. The van der Waals surface area contributed by atoms with Crippen molar-refractivity contribution in [2.45, 2.75) is 75.3 Å². The first-order valence-corrected chi connectivity index (χ1v) is 11.4. The van der Waals surface area contributed by atoms with Crippen LogP contribution in [0.2, 0.25) is 0 Å². The van der Waals surface area contributed by atoms with E-state index in [1.54, 1.807) is 19.1 Å². The minimum Gasteiger partial charge on any atom is -0.494 e. The highest BCUT2D eigenvalue weighted by atomic mass is 16.5. The Morgan fingerprint density at radius 2 is 1.74 bits per heavy atom. The molecule has 3 rings (SSSR count). The van der Waals surface area contributed by atoms with Gasteiger partial charge in [-0.1, -0.05) is 0 Å². The van der Waals surface area contributed by atoms with Gasteiger partial charge in [0.1, 0.15) is 5.75 Å². The van der Waals surface area contributed by atoms with Crippen molar-refractivity contribution in [1.82, 2.24) is 4.90 Å². The van der Waals surface area contributed by atoms with Gasteiger partial charge in [0.05, 0.1) is 30.0 Å². The molecule has 1 aromatic carbocycles. The Morgan fingerprint density at radius 1 is 1.10 bits per heavy atom. The van der Waals surface area contributed by atoms with E-state index < -0.39 is 23.4 Å². The lowest BCUT2D eigenvalue weighted by Crippen LogP contribution is -2.62. The number of ketones is 1. The van der Waals surface area contributed by atoms with Crippen LogP contribution >= 0.6 is 0 Å². The number of nitrogens with zero attached hydrogens (tertiary/aromatic N) is 1. The summed E-state index contributed by atoms with van der Waals surface area (Å²) in [5, 5.41) is 41.9. The smallest absolute Gasteiger partial charge is 0.159 e. The van der Waals surface area contributed by atoms with Crippen LogP contribution in [-0.4, -0.2) is 81.3 Å². The van der Waals surface area contributed by atoms with Gasteiger partial charge in [-0.2, -0.15) is 0 Å². The third-order valence-corrected chi connectivity index (χ3v) is 7.21. The first kappa shape index (κ1) is 24.1. The molecular weight excluding hydrogens is 398 g/mol. The van der Waals surface area contributed by atoms with Gasteiger partial charge in [0.25, 0.3) is 0 Å². The molecule has 7 heteroatoms. The van der Waals surface area contributed by atoms with Gasteiger partial charge in [-0.05, 0) is 82.8 Å². The highest BCUT2D eigenvalue weighted by Crippen LogP contribution is 2.53. The maximum absolute atomic E-state index is 11.3. The molecule has 5 atom stereocenters. The second kappa shape index (κ2) is 9.96. The number of rotatable bonds is 10. The second-order valence-corrected chi connectivity index (χ2v) is 9.46. The van der Waals surface area contributed by atoms with Crippen molar-refractivity contribution < 1.29 is 30.0 Å². The van der Waals surface area contributed by atoms with E-state index in [2.05, 4.69) is 11.9 Å². The lowest BCUT2D eigenvalue weighted by atomic mass is 9.67. The number of Topliss-reactive ketones (excluding diaryl/α,β-unsaturated/α-hetero) is 1. The first-order chi connectivity index (χ1) is 14.6. The molecule has 0 amide bonds. The molecule has 1 aromatic rings. The van der Waals surface area contributed by atoms with Crippen molar-refractivity contribution in [3.63, 3.8) is 0 Å². The SMILES string of the molecule is CC(=O)c1ccc(OCCCN(C)CCCC2CCC3(O)CC(O)C(O)CC23O)cc1. The average Bonchev–Trinajstić information content (AvgIpc) is 2.96. The number of hydrogen-bond acceptors (Lipinski definition) is 7. The van der Waals surface area contributed by atoms with E-state index in [9.17, 15) is 25.2 Å². The molecule has 0 heterocycles. The van der Waals surface area contributed by atoms with E-state index in [0.717, 1.165) is 38.1 Å². The number of benzene rings is 1. The molecule has 31 heavy (non-hydrogen) atoms. The maximum atomic E-state index is 11.3. The molecule has 0 aromatic heterocycles. The summed E-state index contributed by atoms with van der Waals surface area (Å²) in [6, 6.07) is 7.17. The average molecular weight is 436 g/mol. The third-order valence-electron chi connectivity index (χ3n) is 7.21. The highest BCUT2D eigenvalue weighted by molar-refractivity contribution is 5.94. The van der Waals surface area contributed by atoms with E-state index in [4.69, 9.17) is 4.74 Å². The van der Waals surface area contributed by atoms with Crippen molar-refractivity contribution in [1.29, 1.82) is 0 Å². The van der Waals surface area contributed by atoms with Crippen LogP contribution < -0.4 is 4.74 Å². The molecule has 4 N–H and O–H groups in total. The zero-order chi connectivity index (χ0) is 22.6. The molecule has 2 aliphatic rings. The summed E-state index contributed by atoms with van der Waals surface area (Å²) in [4.78, 5) is 13.5. The summed E-state index contributed by atoms with van der Waals surface area (Å²) < 4.78 is 5.74. The van der Waals surface area contributed by atoms with Gasteiger partial charge in [0, 0.05) is 24.9 Å². The van der Waals surface area contributed by atoms with Crippen molar-refractivity contribution in [3.05, 3.63) is 29.8 Å². The van der Waals surface area contributed by atoms with Gasteiger partial charge in [-0.3, -0.25) is 4.79 Å². The molecule has 0 spiro atoms. The quantitative estimate of drug-likeness (QED) is 0.327. The van der Waals surface area contributed by atoms with Gasteiger partial charge in [-0.25, -0.2) is 0 Å². The first-order valence-electron chi connectivity index (χ1n) is 11.4. The normalized spacial score (nSPS) is 32.8. The van der Waals surface area contributed by atoms with Crippen LogP contribution in [0.1, 0.15) is 62.2 Å². The van der Waals surface area contributed by atoms with Crippen molar-refractivity contribution in [2.75, 3.05) is 26.7 Å². The largest absolute Gasteiger partial charge is 0.494 e. The van der Waals surface area contributed by atoms with Gasteiger partial charge in [0.15, 0.2) is 5.78 Å². The number of ether oxygens (including phenoxy) is 1. The Labute approximate surface area is 184 Å². The zero-order valence-electron chi connectivity index (χ0n) is 18.7. The minimum atomic E-state index is -1.31. The Morgan fingerprint density at radius 3 is 2.42 bits per heavy atom. The summed E-state index contributed by atoms with van der Waals surface area (Å²) >= 11 is 0. The Kier molecular flexibility index (Phi) is 7.76. The van der Waals surface area contributed by atoms with Crippen molar-refractivity contribution in [2.24, 2.45) is 5.92 Å². The number of aliphatic hydroxyl groups excluding tert-OH is 2. The molecule has 0 radical (unpaired) electrons. The molecule has 2 fully saturated rings. The van der Waals surface area contributed by atoms with Crippen molar-refractivity contribution >= 4 is 5.78 Å². The maximum Gasteiger partial charge on any atom is 0.159 e. The topological polar surface area (TPSA) is 110 Å². The fourth-order valence-corrected chi connectivity index (χ4v) is 5.23. The van der Waals surface area contributed by atoms with E-state index in [1.807, 2.05) is 12.1 Å². The summed E-state index contributed by atoms with van der Waals surface area (Å²) in [6.07, 6.45) is 1.87. The van der Waals surface area contributed by atoms with Crippen molar-refractivity contribution in [3.8, 4) is 5.75 Å². The van der Waals surface area contributed by atoms with Gasteiger partial charge in [-0.15, -0.1) is 0 Å². The standard InChI is InChI=1S/C24H37NO6/c1-17(26)18-6-8-20(9-7-18)31-14-4-13-25(2)12-3-5-19-10-11-23(29)15-21(27)22(28)16-24(19,23)30/h6-9,19,21-22,27-30H,3-5,10-16H2,1-2H3. The minimum absolute atomic E-state index is 0.0376. The van der Waals surface area contributed by atoms with Gasteiger partial charge in [0.2, 0.25) is 0 Å². The summed E-state index contributed by atoms with van der Waals surface area (Å²) in [7, 11) is 2.06. The number of hydrogen-bond donors (Lipinski definition) is 4. The number of fused-ring (bicyclic) bond motifs is 1. The number of carbonyl (C=O) groups is 1. The molecule has 2 saturated carbocycles. The van der Waals surface area contributed by atoms with Crippen LogP contribution in [0.3, 0.4) is 0 Å². The zero-order valence-corrected chi connectivity index (χ0v) is 18.7. The van der Waals surface area contributed by atoms with Gasteiger partial charge >= 0.3 is 0 Å². The van der Waals surface area contributed by atoms with Crippen LogP contribution in [0.5, 0.6) is 5.75 Å². The fourth-order valence-electron chi connectivity index (χ4n) is 5.23. The van der Waals surface area contributed by atoms with Crippen LogP contribution in [0, 0.1) is 5.92 Å². The molecule has 7 nitrogen and oxygen atoms in total. The van der Waals surface area contributed by atoms with Crippen LogP contribution in [0.25, 0.3) is 0 Å². The second-order valence-electron chi connectivity index (χ2n) is 9.46. The molecule has 0 saturated heterocycles. The molecule has 174 valence electrons. The monoisotopic (exact) mass is 435 g/mol. The molecule has 5 unspecified atom stereocenters. The van der Waals surface area contributed by atoms with Crippen LogP contribution in [-0.2, 0) is 0 Å². The Bertz CT molecular complexity index is 740. The Balaban J connectivity index is 1.35. The number of aliphatic hydroxyl groups is 4. The van der Waals surface area contributed by atoms with E-state index in [1.165, 1.54) is 0 Å². The van der Waals surface area contributed by atoms with E-state index in [-0.39, 0.29) is 24.5 Å². The van der Waals surface area contributed by atoms with E-state index >= 15 is 0 Å². The third kappa shape index (κ3) is 5.46. The van der Waals surface area contributed by atoms with E-state index in [0.29, 0.717) is 25.0 Å². The lowest BCUT2D eigenvalue weighted by molar-refractivity contribution is -0.220. The molecular formula is C24H37NO6. The van der Waals surface area contributed by atoms with Gasteiger partial charge < -0.3 is 30.1 Å². The summed E-state index contributed by atoms with van der Waals surface area (Å²) in [5.41, 5.74) is -1.92. The summed E-state index contributed by atoms with van der Waals surface area (Å²) in [6.45, 7) is 3.90. The Hall–Kier alpha value is -1.51. The number of carbonyl (C=O) groups excluding carboxylic acids is 1. The lowest BCUT2D eigenvalue weighted by Gasteiger charge is -2.48. The summed E-state index contributed by atoms with van der Waals surface area (Å²) in [5.74, 6) is 0.739. The van der Waals surface area contributed by atoms with Crippen LogP contribution in [0.15, 0.2) is 24.3 Å². The molecule has 0 bridgehead atoms.